The fourth-order valence-corrected chi connectivity index (χ4v) is 2.95. The van der Waals surface area contributed by atoms with Gasteiger partial charge in [-0.2, -0.15) is 0 Å². The molecule has 1 nitrogen and oxygen atoms in total. The van der Waals surface area contributed by atoms with Crippen LogP contribution in [0.3, 0.4) is 0 Å². The van der Waals surface area contributed by atoms with Crippen molar-refractivity contribution in [2.24, 2.45) is 0 Å². The van der Waals surface area contributed by atoms with Crippen LogP contribution in [0.5, 0.6) is 0 Å². The van der Waals surface area contributed by atoms with E-state index in [0.717, 1.165) is 0 Å². The van der Waals surface area contributed by atoms with Crippen molar-refractivity contribution in [2.75, 3.05) is 0 Å². The van der Waals surface area contributed by atoms with Gasteiger partial charge >= 0.3 is 0 Å². The number of rotatable bonds is 0. The molecule has 0 amide bonds. The van der Waals surface area contributed by atoms with E-state index >= 15 is 0 Å². The highest BCUT2D eigenvalue weighted by Crippen LogP contribution is 2.10. The standard InChI is InChI=1S/C19H30N/c1-2-4-6-8-10-12-16-20-17-13-15-19(18-20)14-11-9-7-5-3-1/h1-2,13,15,17-18H,3-12,14,16H2/q+1. The molecule has 0 fully saturated rings. The van der Waals surface area contributed by atoms with Crippen LogP contribution in [0.15, 0.2) is 36.7 Å². The van der Waals surface area contributed by atoms with E-state index in [1.165, 1.54) is 82.7 Å². The Labute approximate surface area is 124 Å². The summed E-state index contributed by atoms with van der Waals surface area (Å²) in [6.07, 6.45) is 24.1. The molecule has 1 aliphatic rings. The molecule has 0 saturated carbocycles. The van der Waals surface area contributed by atoms with Crippen LogP contribution in [0.25, 0.3) is 0 Å². The molecular weight excluding hydrogens is 242 g/mol. The van der Waals surface area contributed by atoms with Crippen LogP contribution < -0.4 is 4.57 Å². The number of pyridine rings is 1. The van der Waals surface area contributed by atoms with Gasteiger partial charge in [-0.15, -0.1) is 0 Å². The maximum atomic E-state index is 2.40. The lowest BCUT2D eigenvalue weighted by Crippen LogP contribution is -2.33. The molecule has 2 heterocycles. The maximum Gasteiger partial charge on any atom is 0.171 e. The maximum absolute atomic E-state index is 2.40. The minimum Gasteiger partial charge on any atom is -0.205 e. The van der Waals surface area contributed by atoms with Gasteiger partial charge in [0.15, 0.2) is 12.4 Å². The van der Waals surface area contributed by atoms with E-state index in [2.05, 4.69) is 41.2 Å². The molecule has 20 heavy (non-hydrogen) atoms. The summed E-state index contributed by atoms with van der Waals surface area (Å²) >= 11 is 0. The molecule has 2 rings (SSSR count). The van der Waals surface area contributed by atoms with Gasteiger partial charge in [-0.05, 0) is 51.0 Å². The summed E-state index contributed by atoms with van der Waals surface area (Å²) in [5.74, 6) is 0. The molecule has 0 spiro atoms. The summed E-state index contributed by atoms with van der Waals surface area (Å²) in [5, 5.41) is 0. The number of hydrogen-bond acceptors (Lipinski definition) is 0. The Morgan fingerprint density at radius 2 is 1.45 bits per heavy atom. The summed E-state index contributed by atoms with van der Waals surface area (Å²) in [7, 11) is 0. The Bertz CT molecular complexity index is 361. The van der Waals surface area contributed by atoms with E-state index < -0.39 is 0 Å². The van der Waals surface area contributed by atoms with Gasteiger partial charge < -0.3 is 0 Å². The molecule has 0 radical (unpaired) electrons. The monoisotopic (exact) mass is 272 g/mol. The Morgan fingerprint density at radius 3 is 2.25 bits per heavy atom. The van der Waals surface area contributed by atoms with Gasteiger partial charge in [0, 0.05) is 18.1 Å². The molecule has 0 saturated heterocycles. The van der Waals surface area contributed by atoms with Crippen molar-refractivity contribution < 1.29 is 4.57 Å². The largest absolute Gasteiger partial charge is 0.205 e. The van der Waals surface area contributed by atoms with Crippen LogP contribution >= 0.6 is 0 Å². The molecule has 0 unspecified atom stereocenters. The minimum absolute atomic E-state index is 1.18. The van der Waals surface area contributed by atoms with Crippen molar-refractivity contribution in [3.8, 4) is 0 Å². The molecule has 110 valence electrons. The number of hydrogen-bond donors (Lipinski definition) is 0. The van der Waals surface area contributed by atoms with Gasteiger partial charge in [-0.25, -0.2) is 4.57 Å². The fraction of sp³-hybridized carbons (Fsp3) is 0.632. The summed E-state index contributed by atoms with van der Waals surface area (Å²) in [6, 6.07) is 4.50. The van der Waals surface area contributed by atoms with Gasteiger partial charge in [0.1, 0.15) is 6.54 Å². The van der Waals surface area contributed by atoms with E-state index in [9.17, 15) is 0 Å². The molecule has 1 aromatic rings. The van der Waals surface area contributed by atoms with Gasteiger partial charge in [-0.1, -0.05) is 31.4 Å². The van der Waals surface area contributed by atoms with Crippen molar-refractivity contribution in [1.82, 2.24) is 0 Å². The molecule has 2 bridgehead atoms. The van der Waals surface area contributed by atoms with Gasteiger partial charge in [0.25, 0.3) is 0 Å². The molecule has 1 aliphatic heterocycles. The third-order valence-corrected chi connectivity index (χ3v) is 4.21. The lowest BCUT2D eigenvalue weighted by molar-refractivity contribution is -0.697. The smallest absolute Gasteiger partial charge is 0.171 e. The zero-order valence-electron chi connectivity index (χ0n) is 12.9. The van der Waals surface area contributed by atoms with Crippen LogP contribution in [0, 0.1) is 0 Å². The SMILES string of the molecule is C1=CCCCCCC[n+]2cccc(c2)CCCCCC1. The minimum atomic E-state index is 1.18. The average Bonchev–Trinajstić information content (AvgIpc) is 2.47. The zero-order valence-corrected chi connectivity index (χ0v) is 12.9. The van der Waals surface area contributed by atoms with Crippen LogP contribution in [0.1, 0.15) is 69.8 Å². The second-order valence-corrected chi connectivity index (χ2v) is 6.08. The number of aryl methyl sites for hydroxylation is 2. The Hall–Kier alpha value is -1.11. The van der Waals surface area contributed by atoms with Crippen LogP contribution in [0.4, 0.5) is 0 Å². The third-order valence-electron chi connectivity index (χ3n) is 4.21. The topological polar surface area (TPSA) is 3.88 Å². The second kappa shape index (κ2) is 9.74. The van der Waals surface area contributed by atoms with E-state index in [4.69, 9.17) is 0 Å². The zero-order chi connectivity index (χ0) is 13.9. The van der Waals surface area contributed by atoms with Crippen LogP contribution in [-0.4, -0.2) is 0 Å². The van der Waals surface area contributed by atoms with Crippen molar-refractivity contribution >= 4 is 0 Å². The van der Waals surface area contributed by atoms with Gasteiger partial charge in [-0.3, -0.25) is 0 Å². The second-order valence-electron chi connectivity index (χ2n) is 6.08. The lowest BCUT2D eigenvalue weighted by Gasteiger charge is -2.02. The first-order valence-electron chi connectivity index (χ1n) is 8.58. The molecule has 0 atom stereocenters. The summed E-state index contributed by atoms with van der Waals surface area (Å²) in [5.41, 5.74) is 1.51. The van der Waals surface area contributed by atoms with Crippen molar-refractivity contribution in [1.29, 1.82) is 0 Å². The van der Waals surface area contributed by atoms with Crippen molar-refractivity contribution in [2.45, 2.75) is 77.2 Å². The first kappa shape index (κ1) is 15.3. The fourth-order valence-electron chi connectivity index (χ4n) is 2.95. The molecular formula is C19H30N+. The van der Waals surface area contributed by atoms with Gasteiger partial charge in [0.05, 0.1) is 0 Å². The summed E-state index contributed by atoms with van der Waals surface area (Å²) in [4.78, 5) is 0. The number of nitrogens with zero attached hydrogens (tertiary/aromatic N) is 1. The predicted octanol–water partition coefficient (Wildman–Crippen LogP) is 4.99. The van der Waals surface area contributed by atoms with Crippen LogP contribution in [0.2, 0.25) is 0 Å². The summed E-state index contributed by atoms with van der Waals surface area (Å²) < 4.78 is 2.38. The van der Waals surface area contributed by atoms with Crippen molar-refractivity contribution in [3.63, 3.8) is 0 Å². The molecule has 0 aromatic carbocycles. The highest BCUT2D eigenvalue weighted by Gasteiger charge is 2.03. The Kier molecular flexibility index (Phi) is 7.44. The Balaban J connectivity index is 1.84. The van der Waals surface area contributed by atoms with E-state index in [1.807, 2.05) is 0 Å². The summed E-state index contributed by atoms with van der Waals surface area (Å²) in [6.45, 7) is 1.18. The first-order chi connectivity index (χ1) is 9.95. The van der Waals surface area contributed by atoms with E-state index in [1.54, 1.807) is 0 Å². The molecule has 1 heteroatoms. The third kappa shape index (κ3) is 6.36. The van der Waals surface area contributed by atoms with Crippen LogP contribution in [-0.2, 0) is 13.0 Å². The number of allylic oxidation sites excluding steroid dienone is 2. The average molecular weight is 272 g/mol. The van der Waals surface area contributed by atoms with E-state index in [0.29, 0.717) is 0 Å². The van der Waals surface area contributed by atoms with Gasteiger partial charge in [0.2, 0.25) is 0 Å². The van der Waals surface area contributed by atoms with Crippen molar-refractivity contribution in [3.05, 3.63) is 42.2 Å². The molecule has 0 N–H and O–H groups in total. The first-order valence-corrected chi connectivity index (χ1v) is 8.58. The highest BCUT2D eigenvalue weighted by atomic mass is 14.9. The van der Waals surface area contributed by atoms with E-state index in [-0.39, 0.29) is 0 Å². The number of fused-ring (bicyclic) bond motifs is 2. The Morgan fingerprint density at radius 1 is 0.750 bits per heavy atom. The predicted molar refractivity (Wildman–Crippen MR) is 85.7 cm³/mol. The highest BCUT2D eigenvalue weighted by molar-refractivity contribution is 5.05. The normalized spacial score (nSPS) is 19.4. The lowest BCUT2D eigenvalue weighted by atomic mass is 10.1. The molecule has 0 aliphatic carbocycles. The quantitative estimate of drug-likeness (QED) is 0.463. The molecule has 1 aromatic heterocycles. The number of aromatic nitrogens is 1.